The molecule has 2 N–H and O–H groups in total. The number of piperidine rings is 1. The summed E-state index contributed by atoms with van der Waals surface area (Å²) < 4.78 is 0. The highest BCUT2D eigenvalue weighted by Crippen LogP contribution is 2.09. The summed E-state index contributed by atoms with van der Waals surface area (Å²) in [6.45, 7) is 6.96. The Labute approximate surface area is 111 Å². The Morgan fingerprint density at radius 3 is 2.28 bits per heavy atom. The molecule has 0 radical (unpaired) electrons. The van der Waals surface area contributed by atoms with E-state index < -0.39 is 0 Å². The molecule has 4 heteroatoms. The fourth-order valence-electron chi connectivity index (χ4n) is 2.87. The lowest BCUT2D eigenvalue weighted by atomic mass is 10.1. The van der Waals surface area contributed by atoms with Crippen LogP contribution in [0.1, 0.15) is 44.9 Å². The van der Waals surface area contributed by atoms with Crippen LogP contribution in [0.15, 0.2) is 4.99 Å². The van der Waals surface area contributed by atoms with Crippen molar-refractivity contribution in [2.45, 2.75) is 44.9 Å². The van der Waals surface area contributed by atoms with Gasteiger partial charge < -0.3 is 15.5 Å². The van der Waals surface area contributed by atoms with Crippen molar-refractivity contribution < 1.29 is 0 Å². The highest BCUT2D eigenvalue weighted by molar-refractivity contribution is 5.78. The summed E-state index contributed by atoms with van der Waals surface area (Å²) >= 11 is 0. The third-order valence-corrected chi connectivity index (χ3v) is 4.03. The average Bonchev–Trinajstić information content (AvgIpc) is 2.92. The number of rotatable bonds is 5. The fourth-order valence-corrected chi connectivity index (χ4v) is 2.87. The third-order valence-electron chi connectivity index (χ3n) is 4.03. The molecule has 0 aliphatic carbocycles. The monoisotopic (exact) mass is 252 g/mol. The van der Waals surface area contributed by atoms with Crippen molar-refractivity contribution in [2.75, 3.05) is 39.3 Å². The Kier molecular flexibility index (Phi) is 5.78. The summed E-state index contributed by atoms with van der Waals surface area (Å²) in [6, 6.07) is 0. The van der Waals surface area contributed by atoms with Crippen LogP contribution in [0.3, 0.4) is 0 Å². The van der Waals surface area contributed by atoms with E-state index in [9.17, 15) is 0 Å². The first-order valence-corrected chi connectivity index (χ1v) is 7.63. The molecule has 0 atom stereocenters. The SMILES string of the molecule is NC(=NCCCCN1CCCC1)N1CCCCC1. The second-order valence-electron chi connectivity index (χ2n) is 5.54. The predicted octanol–water partition coefficient (Wildman–Crippen LogP) is 1.66. The van der Waals surface area contributed by atoms with Gasteiger partial charge in [-0.05, 0) is 64.6 Å². The van der Waals surface area contributed by atoms with Gasteiger partial charge in [-0.25, -0.2) is 0 Å². The van der Waals surface area contributed by atoms with Gasteiger partial charge in [-0.1, -0.05) is 0 Å². The Morgan fingerprint density at radius 1 is 0.889 bits per heavy atom. The largest absolute Gasteiger partial charge is 0.370 e. The molecule has 0 spiro atoms. The van der Waals surface area contributed by atoms with Crippen molar-refractivity contribution in [3.8, 4) is 0 Å². The van der Waals surface area contributed by atoms with Crippen LogP contribution in [-0.2, 0) is 0 Å². The minimum atomic E-state index is 0.774. The molecule has 2 aliphatic rings. The number of guanidine groups is 1. The van der Waals surface area contributed by atoms with Gasteiger partial charge in [0.2, 0.25) is 0 Å². The van der Waals surface area contributed by atoms with Crippen LogP contribution in [0.25, 0.3) is 0 Å². The Morgan fingerprint density at radius 2 is 1.56 bits per heavy atom. The summed E-state index contributed by atoms with van der Waals surface area (Å²) in [6.07, 6.45) is 9.10. The molecular formula is C14H28N4. The van der Waals surface area contributed by atoms with Gasteiger partial charge in [0.1, 0.15) is 0 Å². The zero-order valence-electron chi connectivity index (χ0n) is 11.6. The molecule has 0 amide bonds. The van der Waals surface area contributed by atoms with Gasteiger partial charge in [0, 0.05) is 19.6 Å². The first-order valence-electron chi connectivity index (χ1n) is 7.63. The summed E-state index contributed by atoms with van der Waals surface area (Å²) in [5, 5.41) is 0. The van der Waals surface area contributed by atoms with Crippen molar-refractivity contribution in [1.29, 1.82) is 0 Å². The van der Waals surface area contributed by atoms with Crippen LogP contribution in [0, 0.1) is 0 Å². The van der Waals surface area contributed by atoms with Gasteiger partial charge in [-0.2, -0.15) is 0 Å². The Balaban J connectivity index is 1.55. The predicted molar refractivity (Wildman–Crippen MR) is 76.8 cm³/mol. The second-order valence-corrected chi connectivity index (χ2v) is 5.54. The molecule has 2 rings (SSSR count). The van der Waals surface area contributed by atoms with E-state index in [1.54, 1.807) is 0 Å². The van der Waals surface area contributed by atoms with Gasteiger partial charge in [-0.15, -0.1) is 0 Å². The zero-order chi connectivity index (χ0) is 12.6. The van der Waals surface area contributed by atoms with Crippen LogP contribution in [0.2, 0.25) is 0 Å². The summed E-state index contributed by atoms with van der Waals surface area (Å²) in [5.74, 6) is 0.774. The molecule has 2 fully saturated rings. The van der Waals surface area contributed by atoms with Crippen molar-refractivity contribution in [3.63, 3.8) is 0 Å². The maximum atomic E-state index is 6.02. The topological polar surface area (TPSA) is 44.9 Å². The lowest BCUT2D eigenvalue weighted by Crippen LogP contribution is -2.40. The van der Waals surface area contributed by atoms with E-state index in [2.05, 4.69) is 14.8 Å². The number of aliphatic imine (C=N–C) groups is 1. The number of hydrogen-bond acceptors (Lipinski definition) is 2. The lowest BCUT2D eigenvalue weighted by Gasteiger charge is -2.27. The molecule has 2 saturated heterocycles. The maximum absolute atomic E-state index is 6.02. The number of nitrogens with zero attached hydrogens (tertiary/aromatic N) is 3. The van der Waals surface area contributed by atoms with Gasteiger partial charge in [-0.3, -0.25) is 4.99 Å². The standard InChI is InChI=1S/C14H28N4/c15-14(18-12-3-1-4-13-18)16-8-2-5-9-17-10-6-7-11-17/h1-13H2,(H2,15,16). The molecule has 2 aliphatic heterocycles. The molecule has 0 unspecified atom stereocenters. The zero-order valence-corrected chi connectivity index (χ0v) is 11.6. The molecular weight excluding hydrogens is 224 g/mol. The first-order chi connectivity index (χ1) is 8.86. The van der Waals surface area contributed by atoms with Crippen LogP contribution in [0.4, 0.5) is 0 Å². The smallest absolute Gasteiger partial charge is 0.191 e. The van der Waals surface area contributed by atoms with Crippen LogP contribution >= 0.6 is 0 Å². The van der Waals surface area contributed by atoms with Crippen molar-refractivity contribution in [1.82, 2.24) is 9.80 Å². The second kappa shape index (κ2) is 7.62. The Hall–Kier alpha value is -0.770. The van der Waals surface area contributed by atoms with Gasteiger partial charge >= 0.3 is 0 Å². The number of unbranched alkanes of at least 4 members (excludes halogenated alkanes) is 1. The summed E-state index contributed by atoms with van der Waals surface area (Å²) in [7, 11) is 0. The number of likely N-dealkylation sites (tertiary alicyclic amines) is 2. The van der Waals surface area contributed by atoms with E-state index in [4.69, 9.17) is 5.73 Å². The van der Waals surface area contributed by atoms with Crippen molar-refractivity contribution >= 4 is 5.96 Å². The molecule has 4 nitrogen and oxygen atoms in total. The van der Waals surface area contributed by atoms with E-state index >= 15 is 0 Å². The van der Waals surface area contributed by atoms with E-state index in [1.807, 2.05) is 0 Å². The van der Waals surface area contributed by atoms with Gasteiger partial charge in [0.05, 0.1) is 0 Å². The average molecular weight is 252 g/mol. The normalized spacial score (nSPS) is 22.7. The highest BCUT2D eigenvalue weighted by Gasteiger charge is 2.12. The minimum Gasteiger partial charge on any atom is -0.370 e. The van der Waals surface area contributed by atoms with Crippen LogP contribution in [0.5, 0.6) is 0 Å². The van der Waals surface area contributed by atoms with Crippen molar-refractivity contribution in [2.24, 2.45) is 10.7 Å². The van der Waals surface area contributed by atoms with Gasteiger partial charge in [0.15, 0.2) is 5.96 Å². The van der Waals surface area contributed by atoms with E-state index in [0.717, 1.165) is 25.6 Å². The summed E-state index contributed by atoms with van der Waals surface area (Å²) in [5.41, 5.74) is 6.02. The van der Waals surface area contributed by atoms with E-state index in [1.165, 1.54) is 64.6 Å². The molecule has 0 saturated carbocycles. The van der Waals surface area contributed by atoms with Crippen molar-refractivity contribution in [3.05, 3.63) is 0 Å². The Bertz CT molecular complexity index is 253. The van der Waals surface area contributed by atoms with E-state index in [-0.39, 0.29) is 0 Å². The quantitative estimate of drug-likeness (QED) is 0.460. The highest BCUT2D eigenvalue weighted by atomic mass is 15.2. The molecule has 0 aromatic heterocycles. The lowest BCUT2D eigenvalue weighted by molar-refractivity contribution is 0.329. The molecule has 0 bridgehead atoms. The fraction of sp³-hybridized carbons (Fsp3) is 0.929. The minimum absolute atomic E-state index is 0.774. The first kappa shape index (κ1) is 13.7. The van der Waals surface area contributed by atoms with E-state index in [0.29, 0.717) is 0 Å². The van der Waals surface area contributed by atoms with Crippen LogP contribution < -0.4 is 5.73 Å². The van der Waals surface area contributed by atoms with Gasteiger partial charge in [0.25, 0.3) is 0 Å². The van der Waals surface area contributed by atoms with Crippen LogP contribution in [-0.4, -0.2) is 55.0 Å². The number of nitrogens with two attached hydrogens (primary N) is 1. The molecule has 18 heavy (non-hydrogen) atoms. The summed E-state index contributed by atoms with van der Waals surface area (Å²) in [4.78, 5) is 9.32. The molecule has 0 aromatic rings. The maximum Gasteiger partial charge on any atom is 0.191 e. The molecule has 104 valence electrons. The molecule has 2 heterocycles. The number of hydrogen-bond donors (Lipinski definition) is 1. The third kappa shape index (κ3) is 4.48. The molecule has 0 aromatic carbocycles.